The molecule has 0 radical (unpaired) electrons. The van der Waals surface area contributed by atoms with Crippen LogP contribution in [0.25, 0.3) is 0 Å². The molecule has 2 aliphatic rings. The SMILES string of the molecule is CC1=C(C)C2(C)C(C)C1(C)CN2CC#N. The Kier molecular flexibility index (Phi) is 2.04. The monoisotopic (exact) mass is 204 g/mol. The van der Waals surface area contributed by atoms with Gasteiger partial charge in [0.1, 0.15) is 0 Å². The lowest BCUT2D eigenvalue weighted by atomic mass is 9.76. The zero-order chi connectivity index (χ0) is 11.4. The van der Waals surface area contributed by atoms with Gasteiger partial charge in [0, 0.05) is 17.5 Å². The van der Waals surface area contributed by atoms with Crippen molar-refractivity contribution in [2.45, 2.75) is 40.2 Å². The number of rotatable bonds is 1. The quantitative estimate of drug-likeness (QED) is 0.485. The van der Waals surface area contributed by atoms with Crippen molar-refractivity contribution in [3.63, 3.8) is 0 Å². The van der Waals surface area contributed by atoms with Gasteiger partial charge in [-0.2, -0.15) is 5.26 Å². The van der Waals surface area contributed by atoms with Crippen LogP contribution in [0.1, 0.15) is 34.6 Å². The summed E-state index contributed by atoms with van der Waals surface area (Å²) in [5.41, 5.74) is 3.44. The molecule has 2 rings (SSSR count). The minimum Gasteiger partial charge on any atom is -0.280 e. The molecule has 0 aromatic carbocycles. The van der Waals surface area contributed by atoms with E-state index >= 15 is 0 Å². The number of fused-ring (bicyclic) bond motifs is 2. The summed E-state index contributed by atoms with van der Waals surface area (Å²) in [5.74, 6) is 0.623. The summed E-state index contributed by atoms with van der Waals surface area (Å²) in [7, 11) is 0. The molecule has 1 saturated heterocycles. The predicted octanol–water partition coefficient (Wildman–Crippen LogP) is 2.58. The van der Waals surface area contributed by atoms with Gasteiger partial charge in [0.2, 0.25) is 0 Å². The van der Waals surface area contributed by atoms with Crippen molar-refractivity contribution >= 4 is 0 Å². The van der Waals surface area contributed by atoms with E-state index in [1.165, 1.54) is 5.57 Å². The third kappa shape index (κ3) is 0.973. The van der Waals surface area contributed by atoms with Crippen LogP contribution in [0.15, 0.2) is 11.1 Å². The van der Waals surface area contributed by atoms with Crippen molar-refractivity contribution in [3.05, 3.63) is 11.1 Å². The Bertz CT molecular complexity index is 376. The van der Waals surface area contributed by atoms with E-state index in [1.807, 2.05) is 0 Å². The molecule has 3 unspecified atom stereocenters. The average molecular weight is 204 g/mol. The van der Waals surface area contributed by atoms with Crippen LogP contribution in [0.3, 0.4) is 0 Å². The van der Waals surface area contributed by atoms with Gasteiger partial charge in [0.05, 0.1) is 12.6 Å². The largest absolute Gasteiger partial charge is 0.280 e. The van der Waals surface area contributed by atoms with Crippen molar-refractivity contribution in [1.82, 2.24) is 4.90 Å². The van der Waals surface area contributed by atoms with E-state index in [9.17, 15) is 0 Å². The summed E-state index contributed by atoms with van der Waals surface area (Å²) in [6.45, 7) is 13.1. The molecular weight excluding hydrogens is 184 g/mol. The first kappa shape index (κ1) is 10.7. The number of likely N-dealkylation sites (tertiary alicyclic amines) is 1. The standard InChI is InChI=1S/C13H20N2/c1-9-10(2)13(5)11(3)12(9,4)8-15(13)7-6-14/h11H,7-8H2,1-5H3. The molecule has 0 amide bonds. The molecular formula is C13H20N2. The van der Waals surface area contributed by atoms with E-state index in [-0.39, 0.29) is 11.0 Å². The molecule has 0 N–H and O–H groups in total. The second-order valence-corrected chi connectivity index (χ2v) is 5.55. The zero-order valence-electron chi connectivity index (χ0n) is 10.4. The van der Waals surface area contributed by atoms with Crippen LogP contribution >= 0.6 is 0 Å². The Morgan fingerprint density at radius 1 is 1.40 bits per heavy atom. The molecule has 0 aromatic heterocycles. The Hall–Kier alpha value is -0.810. The molecule has 82 valence electrons. The molecule has 15 heavy (non-hydrogen) atoms. The van der Waals surface area contributed by atoms with E-state index in [2.05, 4.69) is 45.6 Å². The summed E-state index contributed by atoms with van der Waals surface area (Å²) in [6, 6.07) is 2.30. The van der Waals surface area contributed by atoms with E-state index in [0.717, 1.165) is 6.54 Å². The number of hydrogen-bond donors (Lipinski definition) is 0. The Labute approximate surface area is 92.6 Å². The van der Waals surface area contributed by atoms with Crippen LogP contribution in [0.4, 0.5) is 0 Å². The smallest absolute Gasteiger partial charge is 0.0873 e. The lowest BCUT2D eigenvalue weighted by Gasteiger charge is -2.38. The van der Waals surface area contributed by atoms with Gasteiger partial charge < -0.3 is 0 Å². The second-order valence-electron chi connectivity index (χ2n) is 5.55. The normalized spacial score (nSPS) is 44.9. The first-order valence-corrected chi connectivity index (χ1v) is 5.69. The fraction of sp³-hybridized carbons (Fsp3) is 0.769. The van der Waals surface area contributed by atoms with E-state index in [0.29, 0.717) is 12.5 Å². The third-order valence-corrected chi connectivity index (χ3v) is 5.42. The van der Waals surface area contributed by atoms with Crippen molar-refractivity contribution in [2.24, 2.45) is 11.3 Å². The highest BCUT2D eigenvalue weighted by atomic mass is 15.3. The molecule has 0 saturated carbocycles. The van der Waals surface area contributed by atoms with Gasteiger partial charge in [0.15, 0.2) is 0 Å². The highest BCUT2D eigenvalue weighted by Crippen LogP contribution is 2.60. The summed E-state index contributed by atoms with van der Waals surface area (Å²) < 4.78 is 0. The summed E-state index contributed by atoms with van der Waals surface area (Å²) in [5, 5.41) is 8.88. The Balaban J connectivity index is 2.50. The number of hydrogen-bond acceptors (Lipinski definition) is 2. The number of nitrogens with zero attached hydrogens (tertiary/aromatic N) is 2. The van der Waals surface area contributed by atoms with Gasteiger partial charge in [0.25, 0.3) is 0 Å². The Morgan fingerprint density at radius 3 is 2.40 bits per heavy atom. The van der Waals surface area contributed by atoms with E-state index < -0.39 is 0 Å². The molecule has 3 atom stereocenters. The van der Waals surface area contributed by atoms with Gasteiger partial charge in [-0.3, -0.25) is 4.90 Å². The third-order valence-electron chi connectivity index (χ3n) is 5.42. The topological polar surface area (TPSA) is 27.0 Å². The molecule has 0 spiro atoms. The molecule has 0 aromatic rings. The van der Waals surface area contributed by atoms with Crippen molar-refractivity contribution in [2.75, 3.05) is 13.1 Å². The first-order chi connectivity index (χ1) is 6.89. The van der Waals surface area contributed by atoms with Crippen LogP contribution in [-0.4, -0.2) is 23.5 Å². The minimum atomic E-state index is 0.120. The van der Waals surface area contributed by atoms with Crippen molar-refractivity contribution < 1.29 is 0 Å². The fourth-order valence-corrected chi connectivity index (χ4v) is 3.71. The van der Waals surface area contributed by atoms with E-state index in [1.54, 1.807) is 5.57 Å². The molecule has 2 nitrogen and oxygen atoms in total. The maximum absolute atomic E-state index is 8.88. The van der Waals surface area contributed by atoms with Gasteiger partial charge >= 0.3 is 0 Å². The van der Waals surface area contributed by atoms with Crippen LogP contribution < -0.4 is 0 Å². The Morgan fingerprint density at radius 2 is 2.00 bits per heavy atom. The fourth-order valence-electron chi connectivity index (χ4n) is 3.71. The molecule has 2 bridgehead atoms. The molecule has 1 fully saturated rings. The summed E-state index contributed by atoms with van der Waals surface area (Å²) in [4.78, 5) is 2.35. The molecule has 1 aliphatic carbocycles. The molecule has 1 aliphatic heterocycles. The predicted molar refractivity (Wildman–Crippen MR) is 61.2 cm³/mol. The van der Waals surface area contributed by atoms with Crippen LogP contribution in [-0.2, 0) is 0 Å². The maximum Gasteiger partial charge on any atom is 0.0873 e. The van der Waals surface area contributed by atoms with Gasteiger partial charge in [-0.1, -0.05) is 25.0 Å². The van der Waals surface area contributed by atoms with Gasteiger partial charge in [-0.15, -0.1) is 0 Å². The minimum absolute atomic E-state index is 0.120. The summed E-state index contributed by atoms with van der Waals surface area (Å²) in [6.07, 6.45) is 0. The van der Waals surface area contributed by atoms with E-state index in [4.69, 9.17) is 5.26 Å². The average Bonchev–Trinajstić information content (AvgIpc) is 2.46. The van der Waals surface area contributed by atoms with Crippen molar-refractivity contribution in [1.29, 1.82) is 5.26 Å². The highest BCUT2D eigenvalue weighted by Gasteiger charge is 2.61. The first-order valence-electron chi connectivity index (χ1n) is 5.69. The van der Waals surface area contributed by atoms with Crippen LogP contribution in [0.2, 0.25) is 0 Å². The van der Waals surface area contributed by atoms with Crippen LogP contribution in [0, 0.1) is 22.7 Å². The maximum atomic E-state index is 8.88. The lowest BCUT2D eigenvalue weighted by Crippen LogP contribution is -2.45. The lowest BCUT2D eigenvalue weighted by molar-refractivity contribution is 0.183. The highest BCUT2D eigenvalue weighted by molar-refractivity contribution is 5.42. The summed E-state index contributed by atoms with van der Waals surface area (Å²) >= 11 is 0. The van der Waals surface area contributed by atoms with Crippen molar-refractivity contribution in [3.8, 4) is 6.07 Å². The van der Waals surface area contributed by atoms with Gasteiger partial charge in [-0.05, 0) is 26.7 Å². The zero-order valence-corrected chi connectivity index (χ0v) is 10.4. The van der Waals surface area contributed by atoms with Gasteiger partial charge in [-0.25, -0.2) is 0 Å². The number of nitriles is 1. The van der Waals surface area contributed by atoms with Crippen LogP contribution in [0.5, 0.6) is 0 Å². The molecule has 2 heteroatoms. The molecule has 1 heterocycles. The second kappa shape index (κ2) is 2.86.